The van der Waals surface area contributed by atoms with E-state index in [-0.39, 0.29) is 10.8 Å². The van der Waals surface area contributed by atoms with E-state index in [9.17, 15) is 8.42 Å². The molecule has 0 unspecified atom stereocenters. The Kier molecular flexibility index (Phi) is 5.50. The van der Waals surface area contributed by atoms with Crippen molar-refractivity contribution in [2.45, 2.75) is 18.2 Å². The molecule has 2 aromatic heterocycles. The van der Waals surface area contributed by atoms with Crippen LogP contribution in [0.2, 0.25) is 0 Å². The van der Waals surface area contributed by atoms with Gasteiger partial charge in [-0.15, -0.1) is 10.2 Å². The van der Waals surface area contributed by atoms with Crippen LogP contribution < -0.4 is 14.2 Å². The summed E-state index contributed by atoms with van der Waals surface area (Å²) in [5.74, 6) is 2.05. The van der Waals surface area contributed by atoms with Crippen molar-refractivity contribution in [2.24, 2.45) is 0 Å². The van der Waals surface area contributed by atoms with E-state index in [0.717, 1.165) is 16.9 Å². The molecular formula is C24H21N5O4S. The van der Waals surface area contributed by atoms with Crippen LogP contribution in [0.4, 0.5) is 5.69 Å². The number of fused-ring (bicyclic) bond motifs is 3. The molecule has 9 nitrogen and oxygen atoms in total. The van der Waals surface area contributed by atoms with Gasteiger partial charge in [-0.2, -0.15) is 0 Å². The highest BCUT2D eigenvalue weighted by Gasteiger charge is 2.17. The molecule has 3 aromatic carbocycles. The third kappa shape index (κ3) is 3.99. The van der Waals surface area contributed by atoms with Crippen molar-refractivity contribution in [1.82, 2.24) is 19.6 Å². The molecule has 0 spiro atoms. The Balaban J connectivity index is 1.48. The predicted octanol–water partition coefficient (Wildman–Crippen LogP) is 4.44. The lowest BCUT2D eigenvalue weighted by Crippen LogP contribution is -2.12. The zero-order valence-corrected chi connectivity index (χ0v) is 19.3. The minimum atomic E-state index is -3.79. The summed E-state index contributed by atoms with van der Waals surface area (Å²) in [6.45, 7) is 2.00. The number of anilines is 1. The number of methoxy groups -OCH3 is 1. The van der Waals surface area contributed by atoms with E-state index in [0.29, 0.717) is 29.3 Å². The van der Waals surface area contributed by atoms with Crippen molar-refractivity contribution in [3.63, 3.8) is 0 Å². The zero-order chi connectivity index (χ0) is 23.7. The molecule has 0 bridgehead atoms. The second-order valence-corrected chi connectivity index (χ2v) is 9.13. The SMILES string of the molecule is CCc1nnc2c(Oc3cccc(NS(=O)(=O)c4ccc(OC)cc4)c3)nc3ccccc3n12. The molecule has 0 aliphatic heterocycles. The van der Waals surface area contributed by atoms with Gasteiger partial charge in [0, 0.05) is 12.5 Å². The Labute approximate surface area is 196 Å². The van der Waals surface area contributed by atoms with E-state index in [2.05, 4.69) is 19.9 Å². The van der Waals surface area contributed by atoms with E-state index in [1.165, 1.54) is 19.2 Å². The molecule has 34 heavy (non-hydrogen) atoms. The Hall–Kier alpha value is -4.18. The van der Waals surface area contributed by atoms with Gasteiger partial charge in [-0.1, -0.05) is 25.1 Å². The quantitative estimate of drug-likeness (QED) is 0.371. The molecule has 172 valence electrons. The fourth-order valence-corrected chi connectivity index (χ4v) is 4.67. The van der Waals surface area contributed by atoms with Crippen LogP contribution in [0, 0.1) is 0 Å². The first kappa shape index (κ1) is 21.7. The summed E-state index contributed by atoms with van der Waals surface area (Å²) in [7, 11) is -2.27. The molecule has 0 fully saturated rings. The van der Waals surface area contributed by atoms with Gasteiger partial charge >= 0.3 is 0 Å². The van der Waals surface area contributed by atoms with Crippen molar-refractivity contribution in [3.8, 4) is 17.4 Å². The van der Waals surface area contributed by atoms with Crippen LogP contribution in [-0.4, -0.2) is 35.1 Å². The zero-order valence-electron chi connectivity index (χ0n) is 18.5. The van der Waals surface area contributed by atoms with Crippen LogP contribution in [-0.2, 0) is 16.4 Å². The van der Waals surface area contributed by atoms with Gasteiger partial charge < -0.3 is 9.47 Å². The normalized spacial score (nSPS) is 11.6. The number of para-hydroxylation sites is 2. The largest absolute Gasteiger partial charge is 0.497 e. The molecule has 5 rings (SSSR count). The van der Waals surface area contributed by atoms with Gasteiger partial charge in [0.1, 0.15) is 17.3 Å². The maximum atomic E-state index is 12.8. The number of aromatic nitrogens is 4. The second-order valence-electron chi connectivity index (χ2n) is 7.45. The van der Waals surface area contributed by atoms with Crippen molar-refractivity contribution >= 4 is 32.4 Å². The highest BCUT2D eigenvalue weighted by molar-refractivity contribution is 7.92. The number of hydrogen-bond acceptors (Lipinski definition) is 7. The van der Waals surface area contributed by atoms with Crippen molar-refractivity contribution in [3.05, 3.63) is 78.6 Å². The minimum Gasteiger partial charge on any atom is -0.497 e. The standard InChI is InChI=1S/C24H21N5O4S/c1-3-22-26-27-23-24(25-20-9-4-5-10-21(20)29(22)23)33-18-8-6-7-16(15-18)28-34(30,31)19-13-11-17(32-2)12-14-19/h4-15,28H,3H2,1-2H3. The Morgan fingerprint density at radius 3 is 2.50 bits per heavy atom. The van der Waals surface area contributed by atoms with Crippen LogP contribution in [0.5, 0.6) is 17.4 Å². The highest BCUT2D eigenvalue weighted by Crippen LogP contribution is 2.29. The fraction of sp³-hybridized carbons (Fsp3) is 0.125. The van der Waals surface area contributed by atoms with Crippen LogP contribution in [0.15, 0.2) is 77.7 Å². The molecule has 0 aliphatic carbocycles. The predicted molar refractivity (Wildman–Crippen MR) is 128 cm³/mol. The molecule has 2 heterocycles. The second kappa shape index (κ2) is 8.64. The lowest BCUT2D eigenvalue weighted by molar-refractivity contribution is 0.414. The summed E-state index contributed by atoms with van der Waals surface area (Å²) >= 11 is 0. The Morgan fingerprint density at radius 2 is 1.74 bits per heavy atom. The molecular weight excluding hydrogens is 454 g/mol. The van der Waals surface area contributed by atoms with Crippen molar-refractivity contribution in [2.75, 3.05) is 11.8 Å². The van der Waals surface area contributed by atoms with Gasteiger partial charge in [0.25, 0.3) is 15.9 Å². The van der Waals surface area contributed by atoms with Crippen LogP contribution in [0.3, 0.4) is 0 Å². The van der Waals surface area contributed by atoms with Gasteiger partial charge in [0.2, 0.25) is 5.65 Å². The molecule has 10 heteroatoms. The summed E-state index contributed by atoms with van der Waals surface area (Å²) in [5.41, 5.74) is 2.45. The number of ether oxygens (including phenoxy) is 2. The van der Waals surface area contributed by atoms with Gasteiger partial charge in [-0.05, 0) is 48.5 Å². The summed E-state index contributed by atoms with van der Waals surface area (Å²) in [5, 5.41) is 8.55. The van der Waals surface area contributed by atoms with E-state index < -0.39 is 10.0 Å². The van der Waals surface area contributed by atoms with Crippen LogP contribution >= 0.6 is 0 Å². The number of nitrogens with one attached hydrogen (secondary N) is 1. The summed E-state index contributed by atoms with van der Waals surface area (Å²) < 4.78 is 41.3. The van der Waals surface area contributed by atoms with Gasteiger partial charge in [0.05, 0.1) is 28.7 Å². The first-order chi connectivity index (χ1) is 16.5. The van der Waals surface area contributed by atoms with E-state index >= 15 is 0 Å². The molecule has 1 N–H and O–H groups in total. The average Bonchev–Trinajstić information content (AvgIpc) is 3.29. The van der Waals surface area contributed by atoms with Crippen molar-refractivity contribution in [1.29, 1.82) is 0 Å². The smallest absolute Gasteiger partial charge is 0.266 e. The number of rotatable bonds is 7. The molecule has 0 saturated carbocycles. The fourth-order valence-electron chi connectivity index (χ4n) is 3.62. The molecule has 0 amide bonds. The maximum Gasteiger partial charge on any atom is 0.266 e. The van der Waals surface area contributed by atoms with E-state index in [4.69, 9.17) is 9.47 Å². The van der Waals surface area contributed by atoms with E-state index in [1.807, 2.05) is 35.6 Å². The highest BCUT2D eigenvalue weighted by atomic mass is 32.2. The number of benzene rings is 3. The third-order valence-corrected chi connectivity index (χ3v) is 6.65. The van der Waals surface area contributed by atoms with E-state index in [1.54, 1.807) is 36.4 Å². The number of aryl methyl sites for hydroxylation is 1. The molecule has 0 saturated heterocycles. The Bertz CT molecular complexity index is 1600. The molecule has 0 atom stereocenters. The summed E-state index contributed by atoms with van der Waals surface area (Å²) in [6, 6.07) is 20.5. The monoisotopic (exact) mass is 475 g/mol. The topological polar surface area (TPSA) is 108 Å². The maximum absolute atomic E-state index is 12.8. The lowest BCUT2D eigenvalue weighted by atomic mass is 10.3. The lowest BCUT2D eigenvalue weighted by Gasteiger charge is -2.12. The van der Waals surface area contributed by atoms with Crippen LogP contribution in [0.25, 0.3) is 16.7 Å². The molecule has 0 aliphatic rings. The van der Waals surface area contributed by atoms with Crippen LogP contribution in [0.1, 0.15) is 12.7 Å². The number of nitrogens with zero attached hydrogens (tertiary/aromatic N) is 4. The first-order valence-electron chi connectivity index (χ1n) is 10.6. The average molecular weight is 476 g/mol. The Morgan fingerprint density at radius 1 is 0.941 bits per heavy atom. The summed E-state index contributed by atoms with van der Waals surface area (Å²) in [6.07, 6.45) is 0.692. The van der Waals surface area contributed by atoms with Gasteiger partial charge in [-0.25, -0.2) is 13.4 Å². The summed E-state index contributed by atoms with van der Waals surface area (Å²) in [4.78, 5) is 4.74. The number of sulfonamides is 1. The third-order valence-electron chi connectivity index (χ3n) is 5.25. The number of hydrogen-bond donors (Lipinski definition) is 1. The van der Waals surface area contributed by atoms with Gasteiger partial charge in [-0.3, -0.25) is 9.12 Å². The molecule has 0 radical (unpaired) electrons. The van der Waals surface area contributed by atoms with Crippen molar-refractivity contribution < 1.29 is 17.9 Å². The van der Waals surface area contributed by atoms with Gasteiger partial charge in [0.15, 0.2) is 0 Å². The minimum absolute atomic E-state index is 0.119. The molecule has 5 aromatic rings. The first-order valence-corrected chi connectivity index (χ1v) is 12.0.